The van der Waals surface area contributed by atoms with Gasteiger partial charge in [0.1, 0.15) is 77.7 Å². The fraction of sp³-hybridized carbons (Fsp3) is 0.500. The van der Waals surface area contributed by atoms with Gasteiger partial charge in [0.15, 0.2) is 0 Å². The fourth-order valence-electron chi connectivity index (χ4n) is 10.0. The van der Waals surface area contributed by atoms with Gasteiger partial charge in [-0.1, -0.05) is 64.1 Å². The molecular weight excluding hydrogens is 1250 g/mol. The van der Waals surface area contributed by atoms with Crippen LogP contribution in [0.5, 0.6) is 17.2 Å². The smallest absolute Gasteiger partial charge is 0.326 e. The van der Waals surface area contributed by atoms with Gasteiger partial charge in [0, 0.05) is 32.2 Å². The number of primary amides is 1. The molecule has 33 heteroatoms. The molecule has 21 N–H and O–H groups in total. The molecule has 0 saturated carbocycles. The quantitative estimate of drug-likeness (QED) is 0.0257. The lowest BCUT2D eigenvalue weighted by Crippen LogP contribution is -2.62. The summed E-state index contributed by atoms with van der Waals surface area (Å²) in [5.74, 6) is -15.6. The Labute approximate surface area is 545 Å². The van der Waals surface area contributed by atoms with E-state index < -0.39 is 195 Å². The standard InChI is InChI=1S/C62H86N12O21/c1-31(2)22-39(63)52(84)66-41(24-33-7-13-36(78)14-8-33)56(88)71-46(28-75)59(91)73-48(30-77)61(93)74-21-5-6-49(74)60(92)72-47(29-76)58(90)68-43(26-35-11-17-38(80)18-12-35)55(87)67-42(25-34-9-15-37(79)16-10-34)54(86)65-40(19-20-51(82)83)53(85)69-44(27-50(64)81)57(89)70-45(62(94)95)23-32(3)4/h7-18,31-32,39-49,75-80H,5-6,19-30,63H2,1-4H3,(H2,64,81)(H,65,86)(H,66,84)(H,67,87)(H,68,90)(H,69,85)(H,70,89)(H,71,88)(H,72,92)(H,73,91)(H,82,83)(H,94,95)/t39-,40-,41-,42-,43-,44-,45-,46-,47-,48-,49-/m0/s1. The molecule has 0 spiro atoms. The second kappa shape index (κ2) is 37.6. The van der Waals surface area contributed by atoms with Crippen LogP contribution in [-0.2, 0) is 81.6 Å². The van der Waals surface area contributed by atoms with Gasteiger partial charge >= 0.3 is 11.9 Å². The van der Waals surface area contributed by atoms with Crippen molar-refractivity contribution in [3.8, 4) is 17.2 Å². The maximum atomic E-state index is 14.6. The molecule has 520 valence electrons. The van der Waals surface area contributed by atoms with Crippen molar-refractivity contribution in [2.75, 3.05) is 26.4 Å². The SMILES string of the molecule is CC(C)C[C@H](NC(=O)[C@H](CC(N)=O)NC(=O)[C@H](CCC(=O)O)NC(=O)[C@H](Cc1ccc(O)cc1)NC(=O)[C@H](Cc1ccc(O)cc1)NC(=O)[C@H](CO)NC(=O)[C@@H]1CCCN1C(=O)[C@H](CO)NC(=O)[C@H](CO)NC(=O)[C@H](Cc1ccc(O)cc1)NC(=O)[C@@H](N)CC(C)C)C(=O)O. The molecule has 11 amide bonds. The number of carboxylic acid groups (broad SMARTS) is 2. The monoisotopic (exact) mass is 1330 g/mol. The van der Waals surface area contributed by atoms with Crippen LogP contribution in [0.15, 0.2) is 72.8 Å². The average molecular weight is 1340 g/mol. The minimum Gasteiger partial charge on any atom is -0.508 e. The molecule has 1 aliphatic heterocycles. The first-order valence-corrected chi connectivity index (χ1v) is 30.5. The molecule has 1 aliphatic rings. The van der Waals surface area contributed by atoms with Gasteiger partial charge in [-0.2, -0.15) is 0 Å². The van der Waals surface area contributed by atoms with Crippen LogP contribution in [0.2, 0.25) is 0 Å². The van der Waals surface area contributed by atoms with E-state index in [1.165, 1.54) is 72.8 Å². The molecule has 3 aromatic rings. The summed E-state index contributed by atoms with van der Waals surface area (Å²) in [6.07, 6.45) is -3.06. The van der Waals surface area contributed by atoms with Gasteiger partial charge in [0.05, 0.1) is 32.3 Å². The number of benzene rings is 3. The summed E-state index contributed by atoms with van der Waals surface area (Å²) in [7, 11) is 0. The number of carboxylic acids is 2. The summed E-state index contributed by atoms with van der Waals surface area (Å²) in [6, 6.07) is -1.87. The number of carbonyl (C=O) groups is 13. The fourth-order valence-corrected chi connectivity index (χ4v) is 10.0. The van der Waals surface area contributed by atoms with Gasteiger partial charge < -0.3 is 105 Å². The predicted molar refractivity (Wildman–Crippen MR) is 334 cm³/mol. The van der Waals surface area contributed by atoms with E-state index in [2.05, 4.69) is 47.9 Å². The van der Waals surface area contributed by atoms with Gasteiger partial charge in [-0.25, -0.2) is 4.79 Å². The largest absolute Gasteiger partial charge is 0.508 e. The van der Waals surface area contributed by atoms with Crippen molar-refractivity contribution in [2.45, 2.75) is 158 Å². The molecule has 4 rings (SSSR count). The van der Waals surface area contributed by atoms with E-state index in [1.807, 2.05) is 13.8 Å². The number of hydrogen-bond donors (Lipinski definition) is 19. The number of aliphatic hydroxyl groups excluding tert-OH is 3. The first-order chi connectivity index (χ1) is 44.8. The van der Waals surface area contributed by atoms with E-state index in [4.69, 9.17) is 11.5 Å². The molecule has 1 saturated heterocycles. The van der Waals surface area contributed by atoms with E-state index in [9.17, 15) is 103 Å². The number of phenolic OH excluding ortho intramolecular Hbond substituents is 3. The summed E-state index contributed by atoms with van der Waals surface area (Å²) in [5.41, 5.74) is 12.5. The summed E-state index contributed by atoms with van der Waals surface area (Å²) in [5, 5.41) is 102. The third kappa shape index (κ3) is 25.4. The second-order valence-corrected chi connectivity index (χ2v) is 23.7. The lowest BCUT2D eigenvalue weighted by molar-refractivity contribution is -0.143. The van der Waals surface area contributed by atoms with Crippen LogP contribution in [0.3, 0.4) is 0 Å². The van der Waals surface area contributed by atoms with Crippen LogP contribution < -0.4 is 59.3 Å². The van der Waals surface area contributed by atoms with E-state index in [1.54, 1.807) is 13.8 Å². The molecule has 33 nitrogen and oxygen atoms in total. The molecule has 1 heterocycles. The Kier molecular flexibility index (Phi) is 30.7. The number of aliphatic hydroxyl groups is 3. The van der Waals surface area contributed by atoms with Crippen LogP contribution >= 0.6 is 0 Å². The van der Waals surface area contributed by atoms with Crippen molar-refractivity contribution in [1.29, 1.82) is 0 Å². The number of nitrogens with one attached hydrogen (secondary N) is 9. The number of nitrogens with two attached hydrogens (primary N) is 2. The Balaban J connectivity index is 1.57. The maximum absolute atomic E-state index is 14.6. The lowest BCUT2D eigenvalue weighted by Gasteiger charge is -2.30. The molecule has 0 bridgehead atoms. The number of aromatic hydroxyl groups is 3. The number of carbonyl (C=O) groups excluding carboxylic acids is 11. The zero-order chi connectivity index (χ0) is 70.8. The van der Waals surface area contributed by atoms with Crippen molar-refractivity contribution in [2.24, 2.45) is 23.3 Å². The van der Waals surface area contributed by atoms with Crippen molar-refractivity contribution in [1.82, 2.24) is 52.8 Å². The molecule has 95 heavy (non-hydrogen) atoms. The summed E-state index contributed by atoms with van der Waals surface area (Å²) < 4.78 is 0. The molecular formula is C62H86N12O21. The third-order valence-corrected chi connectivity index (χ3v) is 15.0. The van der Waals surface area contributed by atoms with Gasteiger partial charge in [-0.15, -0.1) is 0 Å². The van der Waals surface area contributed by atoms with Crippen LogP contribution in [0, 0.1) is 11.8 Å². The van der Waals surface area contributed by atoms with Gasteiger partial charge in [-0.3, -0.25) is 57.5 Å². The van der Waals surface area contributed by atoms with E-state index >= 15 is 0 Å². The Morgan fingerprint density at radius 3 is 1.21 bits per heavy atom. The number of aliphatic carboxylic acids is 2. The molecule has 1 fully saturated rings. The zero-order valence-corrected chi connectivity index (χ0v) is 52.8. The Morgan fingerprint density at radius 2 is 0.811 bits per heavy atom. The number of amides is 11. The maximum Gasteiger partial charge on any atom is 0.326 e. The van der Waals surface area contributed by atoms with Gasteiger partial charge in [0.2, 0.25) is 65.0 Å². The summed E-state index contributed by atoms with van der Waals surface area (Å²) in [6.45, 7) is 3.60. The molecule has 0 aliphatic carbocycles. The topological polar surface area (TPSA) is 547 Å². The van der Waals surface area contributed by atoms with E-state index in [0.29, 0.717) is 5.56 Å². The van der Waals surface area contributed by atoms with Crippen LogP contribution in [0.4, 0.5) is 0 Å². The number of hydrogen-bond acceptors (Lipinski definition) is 20. The molecule has 0 unspecified atom stereocenters. The highest BCUT2D eigenvalue weighted by atomic mass is 16.4. The summed E-state index contributed by atoms with van der Waals surface area (Å²) in [4.78, 5) is 176. The number of likely N-dealkylation sites (tertiary alicyclic amines) is 1. The highest BCUT2D eigenvalue weighted by Gasteiger charge is 2.41. The second-order valence-electron chi connectivity index (χ2n) is 23.7. The number of phenols is 3. The zero-order valence-electron chi connectivity index (χ0n) is 52.8. The summed E-state index contributed by atoms with van der Waals surface area (Å²) >= 11 is 0. The first kappa shape index (κ1) is 77.5. The molecule has 11 atom stereocenters. The Bertz CT molecular complexity index is 3170. The first-order valence-electron chi connectivity index (χ1n) is 30.5. The minimum absolute atomic E-state index is 0.00252. The van der Waals surface area contributed by atoms with Crippen molar-refractivity contribution in [3.63, 3.8) is 0 Å². The number of rotatable bonds is 38. The highest BCUT2D eigenvalue weighted by molar-refractivity contribution is 6.00. The van der Waals surface area contributed by atoms with E-state index in [0.717, 1.165) is 4.90 Å². The van der Waals surface area contributed by atoms with Gasteiger partial charge in [-0.05, 0) is 97.0 Å². The lowest BCUT2D eigenvalue weighted by atomic mass is 10.0. The molecule has 0 aromatic heterocycles. The van der Waals surface area contributed by atoms with Crippen LogP contribution in [0.25, 0.3) is 0 Å². The predicted octanol–water partition coefficient (Wildman–Crippen LogP) is -4.59. The van der Waals surface area contributed by atoms with Crippen molar-refractivity contribution >= 4 is 76.9 Å². The molecule has 0 radical (unpaired) electrons. The van der Waals surface area contributed by atoms with Crippen molar-refractivity contribution < 1.29 is 103 Å². The molecule has 3 aromatic carbocycles. The average Bonchev–Trinajstić information content (AvgIpc) is 1.36. The minimum atomic E-state index is -1.89. The number of nitrogens with zero attached hydrogens (tertiary/aromatic N) is 1. The van der Waals surface area contributed by atoms with Crippen LogP contribution in [-0.4, -0.2) is 215 Å². The van der Waals surface area contributed by atoms with E-state index in [-0.39, 0.29) is 78.9 Å². The van der Waals surface area contributed by atoms with Crippen LogP contribution in [0.1, 0.15) is 89.3 Å². The van der Waals surface area contributed by atoms with Crippen molar-refractivity contribution in [3.05, 3.63) is 89.5 Å². The normalized spacial score (nSPS) is 15.9. The Hall–Kier alpha value is -9.99. The van der Waals surface area contributed by atoms with Gasteiger partial charge in [0.25, 0.3) is 0 Å². The third-order valence-electron chi connectivity index (χ3n) is 15.0. The highest BCUT2D eigenvalue weighted by Crippen LogP contribution is 2.21. The Morgan fingerprint density at radius 1 is 0.463 bits per heavy atom.